The van der Waals surface area contributed by atoms with Crippen LogP contribution >= 0.6 is 12.2 Å². The van der Waals surface area contributed by atoms with Gasteiger partial charge in [-0.3, -0.25) is 0 Å². The second kappa shape index (κ2) is 3.53. The minimum atomic E-state index is 0.444. The highest BCUT2D eigenvalue weighted by Gasteiger charge is 2.24. The molecule has 3 rings (SSSR count). The molecule has 1 aliphatic carbocycles. The number of benzene rings is 2. The van der Waals surface area contributed by atoms with Crippen LogP contribution in [-0.4, -0.2) is 4.86 Å². The lowest BCUT2D eigenvalue weighted by Gasteiger charge is -2.26. The van der Waals surface area contributed by atoms with Gasteiger partial charge >= 0.3 is 0 Å². The maximum atomic E-state index is 5.57. The van der Waals surface area contributed by atoms with E-state index >= 15 is 0 Å². The largest absolute Gasteiger partial charge is 0.0788 e. The summed E-state index contributed by atoms with van der Waals surface area (Å²) in [5, 5.41) is 0. The van der Waals surface area contributed by atoms with Gasteiger partial charge < -0.3 is 0 Å². The minimum Gasteiger partial charge on any atom is -0.0788 e. The lowest BCUT2D eigenvalue weighted by atomic mass is 9.79. The first-order chi connectivity index (χ1) is 7.79. The minimum absolute atomic E-state index is 0.444. The Morgan fingerprint density at radius 3 is 1.75 bits per heavy atom. The first-order valence-electron chi connectivity index (χ1n) is 5.51. The van der Waals surface area contributed by atoms with Crippen LogP contribution in [0.15, 0.2) is 48.5 Å². The van der Waals surface area contributed by atoms with Crippen molar-refractivity contribution in [3.8, 4) is 0 Å². The van der Waals surface area contributed by atoms with Crippen LogP contribution in [-0.2, 0) is 0 Å². The van der Waals surface area contributed by atoms with E-state index in [2.05, 4.69) is 55.5 Å². The molecule has 0 bridgehead atoms. The zero-order valence-electron chi connectivity index (χ0n) is 9.10. The maximum absolute atomic E-state index is 5.57. The van der Waals surface area contributed by atoms with Gasteiger partial charge in [0.15, 0.2) is 0 Å². The highest BCUT2D eigenvalue weighted by atomic mass is 32.1. The molecule has 1 aliphatic rings. The van der Waals surface area contributed by atoms with Crippen molar-refractivity contribution < 1.29 is 0 Å². The molecule has 0 amide bonds. The molecular weight excluding hydrogens is 212 g/mol. The highest BCUT2D eigenvalue weighted by Crippen LogP contribution is 2.36. The molecule has 1 heteroatoms. The Morgan fingerprint density at radius 1 is 0.812 bits per heavy atom. The first kappa shape index (κ1) is 9.73. The number of rotatable bonds is 0. The van der Waals surface area contributed by atoms with E-state index in [1.165, 1.54) is 22.3 Å². The Morgan fingerprint density at radius 2 is 1.25 bits per heavy atom. The van der Waals surface area contributed by atoms with Crippen molar-refractivity contribution in [2.75, 3.05) is 0 Å². The fraction of sp³-hybridized carbons (Fsp3) is 0.133. The van der Waals surface area contributed by atoms with E-state index in [1.807, 2.05) is 0 Å². The summed E-state index contributed by atoms with van der Waals surface area (Å²) in [4.78, 5) is 0.990. The molecule has 78 valence electrons. The second-order valence-electron chi connectivity index (χ2n) is 4.23. The highest BCUT2D eigenvalue weighted by molar-refractivity contribution is 7.81. The van der Waals surface area contributed by atoms with Gasteiger partial charge in [-0.2, -0.15) is 0 Å². The van der Waals surface area contributed by atoms with E-state index in [1.54, 1.807) is 0 Å². The average Bonchev–Trinajstić information content (AvgIpc) is 2.36. The molecule has 16 heavy (non-hydrogen) atoms. The van der Waals surface area contributed by atoms with Crippen LogP contribution in [0.25, 0.3) is 0 Å². The lowest BCUT2D eigenvalue weighted by molar-refractivity contribution is 0.907. The zero-order chi connectivity index (χ0) is 11.1. The Balaban J connectivity index is 2.30. The molecule has 0 N–H and O–H groups in total. The van der Waals surface area contributed by atoms with E-state index in [0.29, 0.717) is 5.92 Å². The Hall–Kier alpha value is -1.47. The Bertz CT molecular complexity index is 520. The normalized spacial score (nSPS) is 14.4. The van der Waals surface area contributed by atoms with Crippen LogP contribution in [0.1, 0.15) is 35.1 Å². The van der Waals surface area contributed by atoms with Gasteiger partial charge in [0.2, 0.25) is 0 Å². The summed E-state index contributed by atoms with van der Waals surface area (Å²) in [6, 6.07) is 16.9. The molecule has 0 saturated heterocycles. The van der Waals surface area contributed by atoms with Crippen molar-refractivity contribution in [2.45, 2.75) is 12.8 Å². The quantitative estimate of drug-likeness (QED) is 0.611. The van der Waals surface area contributed by atoms with Crippen molar-refractivity contribution in [1.82, 2.24) is 0 Å². The lowest BCUT2D eigenvalue weighted by Crippen LogP contribution is -2.16. The van der Waals surface area contributed by atoms with Crippen molar-refractivity contribution >= 4 is 17.1 Å². The number of thiocarbonyl (C=S) groups is 1. The van der Waals surface area contributed by atoms with Crippen LogP contribution in [0.5, 0.6) is 0 Å². The zero-order valence-corrected chi connectivity index (χ0v) is 9.92. The maximum Gasteiger partial charge on any atom is 0.0527 e. The molecule has 0 unspecified atom stereocenters. The summed E-state index contributed by atoms with van der Waals surface area (Å²) in [7, 11) is 0. The van der Waals surface area contributed by atoms with Crippen LogP contribution in [0.2, 0.25) is 0 Å². The van der Waals surface area contributed by atoms with Gasteiger partial charge in [-0.15, -0.1) is 0 Å². The van der Waals surface area contributed by atoms with Crippen molar-refractivity contribution in [3.63, 3.8) is 0 Å². The standard InChI is InChI=1S/C15H12S/c1-10-11-6-2-4-8-13(11)15(16)14-9-5-3-7-12(10)14/h2-10H,1H3. The van der Waals surface area contributed by atoms with E-state index in [-0.39, 0.29) is 0 Å². The summed E-state index contributed by atoms with van der Waals surface area (Å²) < 4.78 is 0. The second-order valence-corrected chi connectivity index (χ2v) is 4.63. The van der Waals surface area contributed by atoms with E-state index in [0.717, 1.165) is 4.86 Å². The molecule has 0 atom stereocenters. The van der Waals surface area contributed by atoms with E-state index in [4.69, 9.17) is 12.2 Å². The summed E-state index contributed by atoms with van der Waals surface area (Å²) in [5.41, 5.74) is 5.16. The van der Waals surface area contributed by atoms with Gasteiger partial charge in [0.25, 0.3) is 0 Å². The van der Waals surface area contributed by atoms with Crippen molar-refractivity contribution in [1.29, 1.82) is 0 Å². The predicted octanol–water partition coefficient (Wildman–Crippen LogP) is 3.92. The fourth-order valence-corrected chi connectivity index (χ4v) is 2.85. The summed E-state index contributed by atoms with van der Waals surface area (Å²) in [6.45, 7) is 2.25. The van der Waals surface area contributed by atoms with Crippen molar-refractivity contribution in [2.24, 2.45) is 0 Å². The fourth-order valence-electron chi connectivity index (χ4n) is 2.48. The number of hydrogen-bond donors (Lipinski definition) is 0. The smallest absolute Gasteiger partial charge is 0.0527 e. The van der Waals surface area contributed by atoms with Crippen LogP contribution in [0.3, 0.4) is 0 Å². The molecule has 0 nitrogen and oxygen atoms in total. The molecule has 0 spiro atoms. The van der Waals surface area contributed by atoms with Gasteiger partial charge in [-0.25, -0.2) is 0 Å². The number of fused-ring (bicyclic) bond motifs is 2. The molecule has 0 aromatic heterocycles. The molecular formula is C15H12S. The SMILES string of the molecule is CC1c2ccccc2C(=S)c2ccccc21. The van der Waals surface area contributed by atoms with Gasteiger partial charge in [0, 0.05) is 5.92 Å². The van der Waals surface area contributed by atoms with Gasteiger partial charge in [0.1, 0.15) is 0 Å². The van der Waals surface area contributed by atoms with E-state index in [9.17, 15) is 0 Å². The van der Waals surface area contributed by atoms with Gasteiger partial charge in [0.05, 0.1) is 4.86 Å². The summed E-state index contributed by atoms with van der Waals surface area (Å²) in [6.07, 6.45) is 0. The Labute approximate surface area is 101 Å². The van der Waals surface area contributed by atoms with Crippen LogP contribution in [0.4, 0.5) is 0 Å². The molecule has 2 aromatic rings. The van der Waals surface area contributed by atoms with Gasteiger partial charge in [-0.05, 0) is 22.3 Å². The topological polar surface area (TPSA) is 0 Å². The summed E-state index contributed by atoms with van der Waals surface area (Å²) >= 11 is 5.57. The summed E-state index contributed by atoms with van der Waals surface area (Å²) in [5.74, 6) is 0.444. The van der Waals surface area contributed by atoms with Crippen LogP contribution < -0.4 is 0 Å². The molecule has 0 aliphatic heterocycles. The van der Waals surface area contributed by atoms with Crippen LogP contribution in [0, 0.1) is 0 Å². The molecule has 0 radical (unpaired) electrons. The monoisotopic (exact) mass is 224 g/mol. The average molecular weight is 224 g/mol. The van der Waals surface area contributed by atoms with Crippen molar-refractivity contribution in [3.05, 3.63) is 70.8 Å². The van der Waals surface area contributed by atoms with Gasteiger partial charge in [-0.1, -0.05) is 67.7 Å². The molecule has 2 aromatic carbocycles. The molecule has 0 heterocycles. The predicted molar refractivity (Wildman–Crippen MR) is 71.2 cm³/mol. The first-order valence-corrected chi connectivity index (χ1v) is 5.92. The molecule has 0 saturated carbocycles. The molecule has 0 fully saturated rings. The third kappa shape index (κ3) is 1.25. The Kier molecular flexibility index (Phi) is 2.15. The van der Waals surface area contributed by atoms with E-state index < -0.39 is 0 Å². The number of hydrogen-bond acceptors (Lipinski definition) is 1. The third-order valence-electron chi connectivity index (χ3n) is 3.34. The third-order valence-corrected chi connectivity index (χ3v) is 3.78.